The molecule has 0 saturated carbocycles. The number of ether oxygens (including phenoxy) is 2. The van der Waals surface area contributed by atoms with E-state index in [0.29, 0.717) is 25.6 Å². The third-order valence-electron chi connectivity index (χ3n) is 2.76. The molecule has 0 spiro atoms. The Kier molecular flexibility index (Phi) is 5.78. The smallest absolute Gasteiger partial charge is 0.339 e. The van der Waals surface area contributed by atoms with Crippen molar-refractivity contribution in [3.05, 3.63) is 64.1 Å². The summed E-state index contributed by atoms with van der Waals surface area (Å²) < 4.78 is 12.0. The summed E-state index contributed by atoms with van der Waals surface area (Å²) in [7, 11) is 0. The third kappa shape index (κ3) is 4.88. The predicted octanol–water partition coefficient (Wildman–Crippen LogP) is 3.74. The van der Waals surface area contributed by atoms with Crippen LogP contribution in [0.4, 0.5) is 0 Å². The SMILES string of the molecule is O=C(O)c1ccccc1OCCOCc1cccc(Br)c1. The molecule has 0 heterocycles. The van der Waals surface area contributed by atoms with Gasteiger partial charge >= 0.3 is 5.97 Å². The Labute approximate surface area is 131 Å². The van der Waals surface area contributed by atoms with Crippen LogP contribution >= 0.6 is 15.9 Å². The van der Waals surface area contributed by atoms with Crippen molar-refractivity contribution in [1.29, 1.82) is 0 Å². The fourth-order valence-corrected chi connectivity index (χ4v) is 2.24. The Hall–Kier alpha value is -1.85. The molecule has 5 heteroatoms. The molecule has 0 saturated heterocycles. The van der Waals surface area contributed by atoms with Gasteiger partial charge in [0, 0.05) is 4.47 Å². The van der Waals surface area contributed by atoms with Gasteiger partial charge in [-0.1, -0.05) is 40.2 Å². The minimum Gasteiger partial charge on any atom is -0.490 e. The number of rotatable bonds is 7. The maximum atomic E-state index is 11.0. The first kappa shape index (κ1) is 15.5. The Bertz CT molecular complexity index is 613. The highest BCUT2D eigenvalue weighted by molar-refractivity contribution is 9.10. The largest absolute Gasteiger partial charge is 0.490 e. The Morgan fingerprint density at radius 1 is 1.10 bits per heavy atom. The number of halogens is 1. The monoisotopic (exact) mass is 350 g/mol. The molecule has 0 radical (unpaired) electrons. The second-order valence-corrected chi connectivity index (χ2v) is 5.25. The molecule has 0 aliphatic heterocycles. The van der Waals surface area contributed by atoms with Gasteiger partial charge in [0.25, 0.3) is 0 Å². The number of hydrogen-bond donors (Lipinski definition) is 1. The summed E-state index contributed by atoms with van der Waals surface area (Å²) in [5, 5.41) is 9.03. The maximum Gasteiger partial charge on any atom is 0.339 e. The van der Waals surface area contributed by atoms with E-state index in [1.807, 2.05) is 24.3 Å². The summed E-state index contributed by atoms with van der Waals surface area (Å²) in [5.41, 5.74) is 1.22. The third-order valence-corrected chi connectivity index (χ3v) is 3.25. The molecule has 2 aromatic carbocycles. The van der Waals surface area contributed by atoms with Crippen molar-refractivity contribution in [1.82, 2.24) is 0 Å². The molecule has 4 nitrogen and oxygen atoms in total. The van der Waals surface area contributed by atoms with E-state index in [-0.39, 0.29) is 5.56 Å². The molecule has 0 unspecified atom stereocenters. The van der Waals surface area contributed by atoms with Crippen LogP contribution < -0.4 is 4.74 Å². The van der Waals surface area contributed by atoms with Crippen LogP contribution in [0.3, 0.4) is 0 Å². The molecule has 0 bridgehead atoms. The van der Waals surface area contributed by atoms with Gasteiger partial charge in [-0.3, -0.25) is 0 Å². The van der Waals surface area contributed by atoms with E-state index in [1.54, 1.807) is 18.2 Å². The number of para-hydroxylation sites is 1. The highest BCUT2D eigenvalue weighted by atomic mass is 79.9. The minimum absolute atomic E-state index is 0.157. The molecule has 0 amide bonds. The molecular formula is C16H15BrO4. The first-order valence-corrected chi connectivity index (χ1v) is 7.23. The van der Waals surface area contributed by atoms with E-state index in [4.69, 9.17) is 14.6 Å². The van der Waals surface area contributed by atoms with E-state index in [1.165, 1.54) is 6.07 Å². The van der Waals surface area contributed by atoms with Gasteiger partial charge in [-0.15, -0.1) is 0 Å². The molecule has 2 rings (SSSR count). The van der Waals surface area contributed by atoms with Crippen LogP contribution in [0.15, 0.2) is 53.0 Å². The van der Waals surface area contributed by atoms with Crippen LogP contribution in [0.1, 0.15) is 15.9 Å². The number of carboxylic acid groups (broad SMARTS) is 1. The summed E-state index contributed by atoms with van der Waals surface area (Å²) >= 11 is 3.40. The molecule has 0 aliphatic rings. The molecule has 0 aliphatic carbocycles. The second-order valence-electron chi connectivity index (χ2n) is 4.33. The van der Waals surface area contributed by atoms with Crippen molar-refractivity contribution in [3.63, 3.8) is 0 Å². The lowest BCUT2D eigenvalue weighted by Gasteiger charge is -2.09. The normalized spacial score (nSPS) is 10.3. The van der Waals surface area contributed by atoms with Gasteiger partial charge in [-0.2, -0.15) is 0 Å². The summed E-state index contributed by atoms with van der Waals surface area (Å²) in [6.07, 6.45) is 0. The Morgan fingerprint density at radius 3 is 2.67 bits per heavy atom. The van der Waals surface area contributed by atoms with Crippen molar-refractivity contribution in [2.24, 2.45) is 0 Å². The van der Waals surface area contributed by atoms with Gasteiger partial charge in [0.05, 0.1) is 13.2 Å². The molecule has 21 heavy (non-hydrogen) atoms. The van der Waals surface area contributed by atoms with E-state index in [9.17, 15) is 4.79 Å². The lowest BCUT2D eigenvalue weighted by atomic mass is 10.2. The van der Waals surface area contributed by atoms with Crippen molar-refractivity contribution < 1.29 is 19.4 Å². The summed E-state index contributed by atoms with van der Waals surface area (Å²) in [6.45, 7) is 1.18. The van der Waals surface area contributed by atoms with Crippen molar-refractivity contribution >= 4 is 21.9 Å². The van der Waals surface area contributed by atoms with E-state index >= 15 is 0 Å². The zero-order valence-corrected chi connectivity index (χ0v) is 12.9. The topological polar surface area (TPSA) is 55.8 Å². The molecule has 0 fully saturated rings. The molecule has 1 N–H and O–H groups in total. The van der Waals surface area contributed by atoms with Crippen LogP contribution in [0.5, 0.6) is 5.75 Å². The quantitative estimate of drug-likeness (QED) is 0.772. The Morgan fingerprint density at radius 2 is 1.90 bits per heavy atom. The second kappa shape index (κ2) is 7.81. The predicted molar refractivity (Wildman–Crippen MR) is 82.7 cm³/mol. The standard InChI is InChI=1S/C16H15BrO4/c17-13-5-3-4-12(10-13)11-20-8-9-21-15-7-2-1-6-14(15)16(18)19/h1-7,10H,8-9,11H2,(H,18,19). The molecule has 110 valence electrons. The van der Waals surface area contributed by atoms with Gasteiger partial charge in [-0.05, 0) is 29.8 Å². The van der Waals surface area contributed by atoms with E-state index in [2.05, 4.69) is 15.9 Å². The fourth-order valence-electron chi connectivity index (χ4n) is 1.80. The highest BCUT2D eigenvalue weighted by Crippen LogP contribution is 2.17. The van der Waals surface area contributed by atoms with Crippen LogP contribution in [-0.4, -0.2) is 24.3 Å². The summed E-state index contributed by atoms with van der Waals surface area (Å²) in [5.74, 6) is -0.642. The number of aromatic carboxylic acids is 1. The Balaban J connectivity index is 1.76. The number of benzene rings is 2. The van der Waals surface area contributed by atoms with Gasteiger partial charge in [-0.25, -0.2) is 4.79 Å². The van der Waals surface area contributed by atoms with E-state index < -0.39 is 5.97 Å². The van der Waals surface area contributed by atoms with Gasteiger partial charge < -0.3 is 14.6 Å². The lowest BCUT2D eigenvalue weighted by Crippen LogP contribution is -2.09. The molecular weight excluding hydrogens is 336 g/mol. The molecule has 0 aromatic heterocycles. The molecule has 0 atom stereocenters. The van der Waals surface area contributed by atoms with Crippen molar-refractivity contribution in [2.75, 3.05) is 13.2 Å². The average Bonchev–Trinajstić information content (AvgIpc) is 2.47. The van der Waals surface area contributed by atoms with Crippen LogP contribution in [0.25, 0.3) is 0 Å². The zero-order chi connectivity index (χ0) is 15.1. The summed E-state index contributed by atoms with van der Waals surface area (Å²) in [6, 6.07) is 14.4. The summed E-state index contributed by atoms with van der Waals surface area (Å²) in [4.78, 5) is 11.0. The number of carbonyl (C=O) groups is 1. The minimum atomic E-state index is -0.999. The van der Waals surface area contributed by atoms with Gasteiger partial charge in [0.2, 0.25) is 0 Å². The van der Waals surface area contributed by atoms with Crippen LogP contribution in [0.2, 0.25) is 0 Å². The first-order chi connectivity index (χ1) is 10.2. The number of hydrogen-bond acceptors (Lipinski definition) is 3. The fraction of sp³-hybridized carbons (Fsp3) is 0.188. The molecule has 2 aromatic rings. The van der Waals surface area contributed by atoms with Gasteiger partial charge in [0.1, 0.15) is 17.9 Å². The van der Waals surface area contributed by atoms with Crippen molar-refractivity contribution in [2.45, 2.75) is 6.61 Å². The maximum absolute atomic E-state index is 11.0. The number of carboxylic acids is 1. The highest BCUT2D eigenvalue weighted by Gasteiger charge is 2.09. The van der Waals surface area contributed by atoms with Gasteiger partial charge in [0.15, 0.2) is 0 Å². The van der Waals surface area contributed by atoms with Crippen LogP contribution in [-0.2, 0) is 11.3 Å². The van der Waals surface area contributed by atoms with Crippen LogP contribution in [0, 0.1) is 0 Å². The zero-order valence-electron chi connectivity index (χ0n) is 11.3. The average molecular weight is 351 g/mol. The van der Waals surface area contributed by atoms with E-state index in [0.717, 1.165) is 10.0 Å². The van der Waals surface area contributed by atoms with Crippen molar-refractivity contribution in [3.8, 4) is 5.75 Å². The first-order valence-electron chi connectivity index (χ1n) is 6.44. The lowest BCUT2D eigenvalue weighted by molar-refractivity contribution is 0.0681.